The number of carbonyl (C=O) groups excluding carboxylic acids is 1. The van der Waals surface area contributed by atoms with Gasteiger partial charge in [-0.15, -0.1) is 0 Å². The maximum absolute atomic E-state index is 10.7. The van der Waals surface area contributed by atoms with Gasteiger partial charge in [-0.3, -0.25) is 0 Å². The lowest BCUT2D eigenvalue weighted by atomic mass is 10.2. The molecule has 3 nitrogen and oxygen atoms in total. The first-order valence-electron chi connectivity index (χ1n) is 3.06. The first-order chi connectivity index (χ1) is 4.13. The minimum absolute atomic E-state index is 0.0440. The van der Waals surface area contributed by atoms with Crippen molar-refractivity contribution in [2.24, 2.45) is 0 Å². The molecule has 0 radical (unpaired) electrons. The molecule has 9 heavy (non-hydrogen) atoms. The first-order valence-corrected chi connectivity index (χ1v) is 3.06. The van der Waals surface area contributed by atoms with E-state index in [9.17, 15) is 4.79 Å². The van der Waals surface area contributed by atoms with Crippen LogP contribution in [0.3, 0.4) is 0 Å². The minimum Gasteiger partial charge on any atom is -0.444 e. The Labute approximate surface area is 54.6 Å². The first kappa shape index (κ1) is 6.39. The van der Waals surface area contributed by atoms with Gasteiger partial charge in [0.25, 0.3) is 0 Å². The molecular weight excluding hydrogens is 118 g/mol. The summed E-state index contributed by atoms with van der Waals surface area (Å²) in [6.45, 7) is 3.86. The fourth-order valence-electron chi connectivity index (χ4n) is 0.822. The van der Waals surface area contributed by atoms with Crippen molar-refractivity contribution >= 4 is 6.09 Å². The summed E-state index contributed by atoms with van der Waals surface area (Å²) < 4.78 is 4.87. The fraction of sp³-hybridized carbons (Fsp3) is 0.833. The SMILES string of the molecule is C[C@@H]1[C@@H](C)OC(=O)N1C. The van der Waals surface area contributed by atoms with Gasteiger partial charge in [0, 0.05) is 7.05 Å². The average Bonchev–Trinajstić information content (AvgIpc) is 1.98. The molecule has 0 aromatic heterocycles. The van der Waals surface area contributed by atoms with Crippen molar-refractivity contribution < 1.29 is 9.53 Å². The predicted molar refractivity (Wildman–Crippen MR) is 33.2 cm³/mol. The van der Waals surface area contributed by atoms with Crippen LogP contribution in [0.1, 0.15) is 13.8 Å². The maximum atomic E-state index is 10.7. The molecule has 0 spiro atoms. The summed E-state index contributed by atoms with van der Waals surface area (Å²) in [6, 6.07) is 0.220. The molecule has 1 aliphatic rings. The van der Waals surface area contributed by atoms with Crippen LogP contribution in [0.4, 0.5) is 4.79 Å². The number of hydrogen-bond donors (Lipinski definition) is 0. The van der Waals surface area contributed by atoms with Crippen molar-refractivity contribution in [1.29, 1.82) is 0 Å². The maximum Gasteiger partial charge on any atom is 0.410 e. The highest BCUT2D eigenvalue weighted by molar-refractivity contribution is 5.70. The van der Waals surface area contributed by atoms with Crippen molar-refractivity contribution in [2.75, 3.05) is 7.05 Å². The molecule has 2 atom stereocenters. The highest BCUT2D eigenvalue weighted by atomic mass is 16.6. The van der Waals surface area contributed by atoms with Crippen LogP contribution in [-0.2, 0) is 4.74 Å². The Balaban J connectivity index is 2.65. The minimum atomic E-state index is -0.213. The lowest BCUT2D eigenvalue weighted by Crippen LogP contribution is -2.28. The number of hydrogen-bond acceptors (Lipinski definition) is 2. The van der Waals surface area contributed by atoms with E-state index in [1.165, 1.54) is 0 Å². The van der Waals surface area contributed by atoms with Crippen LogP contribution in [0.15, 0.2) is 0 Å². The van der Waals surface area contributed by atoms with Gasteiger partial charge in [-0.2, -0.15) is 0 Å². The molecule has 0 unspecified atom stereocenters. The van der Waals surface area contributed by atoms with Gasteiger partial charge in [0.15, 0.2) is 0 Å². The van der Waals surface area contributed by atoms with Crippen molar-refractivity contribution in [2.45, 2.75) is 26.0 Å². The van der Waals surface area contributed by atoms with E-state index in [1.807, 2.05) is 13.8 Å². The molecule has 52 valence electrons. The molecule has 1 saturated heterocycles. The number of nitrogens with zero attached hydrogens (tertiary/aromatic N) is 1. The lowest BCUT2D eigenvalue weighted by molar-refractivity contribution is 0.139. The van der Waals surface area contributed by atoms with Crippen LogP contribution in [-0.4, -0.2) is 30.2 Å². The molecule has 0 aliphatic carbocycles. The molecule has 1 heterocycles. The number of likely N-dealkylation sites (N-methyl/N-ethyl adjacent to an activating group) is 1. The largest absolute Gasteiger partial charge is 0.444 e. The van der Waals surface area contributed by atoms with E-state index >= 15 is 0 Å². The van der Waals surface area contributed by atoms with Crippen LogP contribution in [0.25, 0.3) is 0 Å². The fourth-order valence-corrected chi connectivity index (χ4v) is 0.822. The average molecular weight is 129 g/mol. The van der Waals surface area contributed by atoms with E-state index in [1.54, 1.807) is 11.9 Å². The summed E-state index contributed by atoms with van der Waals surface area (Å²) in [5.74, 6) is 0. The third-order valence-electron chi connectivity index (χ3n) is 1.86. The normalized spacial score (nSPS) is 35.0. The number of amides is 1. The van der Waals surface area contributed by atoms with Crippen molar-refractivity contribution in [3.05, 3.63) is 0 Å². The van der Waals surface area contributed by atoms with Crippen LogP contribution in [0, 0.1) is 0 Å². The second kappa shape index (κ2) is 1.90. The second-order valence-electron chi connectivity index (χ2n) is 2.44. The van der Waals surface area contributed by atoms with Gasteiger partial charge < -0.3 is 9.64 Å². The molecule has 1 rings (SSSR count). The Morgan fingerprint density at radius 2 is 2.11 bits per heavy atom. The van der Waals surface area contributed by atoms with Gasteiger partial charge in [-0.05, 0) is 13.8 Å². The van der Waals surface area contributed by atoms with Gasteiger partial charge in [0.1, 0.15) is 6.10 Å². The second-order valence-corrected chi connectivity index (χ2v) is 2.44. The van der Waals surface area contributed by atoms with E-state index in [0.29, 0.717) is 0 Å². The summed E-state index contributed by atoms with van der Waals surface area (Å²) in [7, 11) is 1.75. The topological polar surface area (TPSA) is 29.5 Å². The molecule has 0 aromatic rings. The van der Waals surface area contributed by atoms with Crippen LogP contribution in [0.5, 0.6) is 0 Å². The zero-order valence-electron chi connectivity index (χ0n) is 5.92. The zero-order chi connectivity index (χ0) is 7.02. The van der Waals surface area contributed by atoms with Crippen molar-refractivity contribution in [3.63, 3.8) is 0 Å². The van der Waals surface area contributed by atoms with E-state index in [-0.39, 0.29) is 18.2 Å². The summed E-state index contributed by atoms with van der Waals surface area (Å²) >= 11 is 0. The highest BCUT2D eigenvalue weighted by Gasteiger charge is 2.32. The third-order valence-corrected chi connectivity index (χ3v) is 1.86. The molecule has 0 aromatic carbocycles. The Morgan fingerprint density at radius 3 is 2.22 bits per heavy atom. The monoisotopic (exact) mass is 129 g/mol. The quantitative estimate of drug-likeness (QED) is 0.485. The van der Waals surface area contributed by atoms with Gasteiger partial charge in [-0.1, -0.05) is 0 Å². The lowest BCUT2D eigenvalue weighted by Gasteiger charge is -2.11. The Kier molecular flexibility index (Phi) is 1.35. The van der Waals surface area contributed by atoms with E-state index in [0.717, 1.165) is 0 Å². The molecule has 0 bridgehead atoms. The molecule has 3 heteroatoms. The van der Waals surface area contributed by atoms with E-state index in [2.05, 4.69) is 0 Å². The van der Waals surface area contributed by atoms with Gasteiger partial charge in [0.05, 0.1) is 6.04 Å². The number of carbonyl (C=O) groups is 1. The molecule has 1 amide bonds. The van der Waals surface area contributed by atoms with Crippen LogP contribution >= 0.6 is 0 Å². The summed E-state index contributed by atoms with van der Waals surface area (Å²) in [4.78, 5) is 12.3. The standard InChI is InChI=1S/C6H11NO2/c1-4-5(2)9-6(8)7(4)3/h4-5H,1-3H3/t4-,5-/m1/s1. The number of rotatable bonds is 0. The third kappa shape index (κ3) is 0.866. The molecule has 1 fully saturated rings. The van der Waals surface area contributed by atoms with Gasteiger partial charge >= 0.3 is 6.09 Å². The number of ether oxygens (including phenoxy) is 1. The Morgan fingerprint density at radius 1 is 1.56 bits per heavy atom. The van der Waals surface area contributed by atoms with Crippen molar-refractivity contribution in [3.8, 4) is 0 Å². The summed E-state index contributed by atoms with van der Waals surface area (Å²) in [5.41, 5.74) is 0. The van der Waals surface area contributed by atoms with E-state index < -0.39 is 0 Å². The van der Waals surface area contributed by atoms with E-state index in [4.69, 9.17) is 4.74 Å². The molecule has 1 aliphatic heterocycles. The smallest absolute Gasteiger partial charge is 0.410 e. The molecule has 0 saturated carbocycles. The Bertz CT molecular complexity index is 135. The zero-order valence-corrected chi connectivity index (χ0v) is 5.92. The van der Waals surface area contributed by atoms with Crippen LogP contribution < -0.4 is 0 Å². The van der Waals surface area contributed by atoms with Gasteiger partial charge in [0.2, 0.25) is 0 Å². The molecule has 0 N–H and O–H groups in total. The highest BCUT2D eigenvalue weighted by Crippen LogP contribution is 2.15. The summed E-state index contributed by atoms with van der Waals surface area (Å²) in [6.07, 6.45) is -0.169. The molecular formula is C6H11NO2. The Hall–Kier alpha value is -0.730. The van der Waals surface area contributed by atoms with Crippen molar-refractivity contribution in [1.82, 2.24) is 4.90 Å². The predicted octanol–water partition coefficient (Wildman–Crippen LogP) is 0.845. The van der Waals surface area contributed by atoms with Crippen LogP contribution in [0.2, 0.25) is 0 Å². The number of cyclic esters (lactones) is 1. The van der Waals surface area contributed by atoms with Gasteiger partial charge in [-0.25, -0.2) is 4.79 Å². The summed E-state index contributed by atoms with van der Waals surface area (Å²) in [5, 5.41) is 0.